The number of hydrogen-bond acceptors (Lipinski definition) is 5. The number of benzene rings is 1. The van der Waals surface area contributed by atoms with E-state index in [-0.39, 0.29) is 12.5 Å². The Morgan fingerprint density at radius 1 is 1.10 bits per heavy atom. The van der Waals surface area contributed by atoms with Crippen molar-refractivity contribution in [3.63, 3.8) is 0 Å². The Kier molecular flexibility index (Phi) is 8.38. The number of ether oxygens (including phenoxy) is 1. The molecule has 2 aromatic heterocycles. The van der Waals surface area contributed by atoms with Crippen LogP contribution in [0.3, 0.4) is 0 Å². The quantitative estimate of drug-likeness (QED) is 0.431. The minimum atomic E-state index is -4.37. The van der Waals surface area contributed by atoms with Crippen molar-refractivity contribution in [3.05, 3.63) is 59.5 Å². The molecule has 3 aromatic rings. The van der Waals surface area contributed by atoms with Gasteiger partial charge in [0.1, 0.15) is 12.2 Å². The standard InChI is InChI=1S/C29H32F3N5O2/c30-29(31,32)20-37-25(17-22-16-21(5-8-27(22)37)18-34-23-9-14-39-15-10-23)4-3-11-33-24-6-7-26(35-19-24)28(38)36-12-1-2-13-36/h5-8,16-17,19,23,33-34H,1-2,9-15,18,20H2. The molecule has 5 rings (SSSR count). The van der Waals surface area contributed by atoms with Gasteiger partial charge in [0.2, 0.25) is 0 Å². The zero-order valence-electron chi connectivity index (χ0n) is 21.7. The third-order valence-corrected chi connectivity index (χ3v) is 7.09. The van der Waals surface area contributed by atoms with E-state index in [0.717, 1.165) is 62.9 Å². The molecule has 1 amide bonds. The van der Waals surface area contributed by atoms with Crippen LogP contribution >= 0.6 is 0 Å². The molecular formula is C29H32F3N5O2. The lowest BCUT2D eigenvalue weighted by Gasteiger charge is -2.23. The molecule has 10 heteroatoms. The van der Waals surface area contributed by atoms with Crippen molar-refractivity contribution < 1.29 is 22.7 Å². The lowest BCUT2D eigenvalue weighted by atomic mass is 10.1. The molecule has 2 fully saturated rings. The van der Waals surface area contributed by atoms with Gasteiger partial charge in [-0.1, -0.05) is 12.0 Å². The molecule has 2 aliphatic rings. The van der Waals surface area contributed by atoms with E-state index in [9.17, 15) is 18.0 Å². The van der Waals surface area contributed by atoms with Crippen LogP contribution in [0.15, 0.2) is 42.6 Å². The number of amides is 1. The monoisotopic (exact) mass is 539 g/mol. The van der Waals surface area contributed by atoms with E-state index in [1.54, 1.807) is 35.4 Å². The number of carbonyl (C=O) groups excluding carboxylic acids is 1. The van der Waals surface area contributed by atoms with E-state index in [2.05, 4.69) is 27.5 Å². The molecule has 2 saturated heterocycles. The van der Waals surface area contributed by atoms with Crippen LogP contribution in [0.5, 0.6) is 0 Å². The van der Waals surface area contributed by atoms with Gasteiger partial charge in [-0.15, -0.1) is 0 Å². The van der Waals surface area contributed by atoms with Crippen LogP contribution in [0.4, 0.5) is 18.9 Å². The molecule has 0 radical (unpaired) electrons. The second-order valence-corrected chi connectivity index (χ2v) is 9.98. The number of pyridine rings is 1. The number of rotatable bonds is 7. The highest BCUT2D eigenvalue weighted by atomic mass is 19.4. The molecular weight excluding hydrogens is 507 g/mol. The number of hydrogen-bond donors (Lipinski definition) is 2. The van der Waals surface area contributed by atoms with Crippen molar-refractivity contribution in [3.8, 4) is 11.8 Å². The normalized spacial score (nSPS) is 16.3. The summed E-state index contributed by atoms with van der Waals surface area (Å²) in [5.41, 5.74) is 2.90. The molecule has 0 bridgehead atoms. The predicted molar refractivity (Wildman–Crippen MR) is 143 cm³/mol. The van der Waals surface area contributed by atoms with E-state index in [0.29, 0.717) is 35.2 Å². The van der Waals surface area contributed by atoms with Crippen molar-refractivity contribution >= 4 is 22.5 Å². The van der Waals surface area contributed by atoms with Crippen LogP contribution < -0.4 is 10.6 Å². The predicted octanol–water partition coefficient (Wildman–Crippen LogP) is 4.57. The van der Waals surface area contributed by atoms with Crippen molar-refractivity contribution in [1.29, 1.82) is 0 Å². The molecule has 7 nitrogen and oxygen atoms in total. The van der Waals surface area contributed by atoms with Gasteiger partial charge in [0.15, 0.2) is 0 Å². The molecule has 0 atom stereocenters. The second-order valence-electron chi connectivity index (χ2n) is 9.98. The number of anilines is 1. The van der Waals surface area contributed by atoms with Gasteiger partial charge in [0.05, 0.1) is 24.1 Å². The summed E-state index contributed by atoms with van der Waals surface area (Å²) in [5.74, 6) is 5.76. The fraction of sp³-hybridized carbons (Fsp3) is 0.448. The Hall–Kier alpha value is -3.55. The first-order valence-electron chi connectivity index (χ1n) is 13.3. The highest BCUT2D eigenvalue weighted by molar-refractivity contribution is 5.92. The van der Waals surface area contributed by atoms with Crippen LogP contribution in [0, 0.1) is 11.8 Å². The maximum absolute atomic E-state index is 13.4. The summed E-state index contributed by atoms with van der Waals surface area (Å²) in [6.45, 7) is 2.76. The molecule has 4 heterocycles. The van der Waals surface area contributed by atoms with Gasteiger partial charge in [-0.25, -0.2) is 4.98 Å². The molecule has 0 unspecified atom stereocenters. The van der Waals surface area contributed by atoms with Crippen LogP contribution in [0.1, 0.15) is 47.4 Å². The fourth-order valence-corrected chi connectivity index (χ4v) is 5.04. The van der Waals surface area contributed by atoms with E-state index in [4.69, 9.17) is 4.74 Å². The van der Waals surface area contributed by atoms with E-state index in [1.807, 2.05) is 12.1 Å². The summed E-state index contributed by atoms with van der Waals surface area (Å²) in [6, 6.07) is 11.1. The fourth-order valence-electron chi connectivity index (χ4n) is 5.04. The first-order valence-corrected chi connectivity index (χ1v) is 13.3. The van der Waals surface area contributed by atoms with Gasteiger partial charge in [0, 0.05) is 49.8 Å². The Bertz CT molecular complexity index is 1350. The molecule has 1 aromatic carbocycles. The van der Waals surface area contributed by atoms with Crippen LogP contribution in [0.25, 0.3) is 10.9 Å². The number of likely N-dealkylation sites (tertiary alicyclic amines) is 1. The summed E-state index contributed by atoms with van der Waals surface area (Å²) in [4.78, 5) is 18.5. The largest absolute Gasteiger partial charge is 0.406 e. The Labute approximate surface area is 225 Å². The summed E-state index contributed by atoms with van der Waals surface area (Å²) < 4.78 is 46.8. The number of alkyl halides is 3. The molecule has 39 heavy (non-hydrogen) atoms. The number of carbonyl (C=O) groups is 1. The second kappa shape index (κ2) is 12.1. The van der Waals surface area contributed by atoms with Gasteiger partial charge < -0.3 is 24.8 Å². The van der Waals surface area contributed by atoms with E-state index in [1.165, 1.54) is 4.57 Å². The zero-order valence-corrected chi connectivity index (χ0v) is 21.7. The number of nitrogens with one attached hydrogen (secondary N) is 2. The van der Waals surface area contributed by atoms with Gasteiger partial charge in [0.25, 0.3) is 5.91 Å². The van der Waals surface area contributed by atoms with Gasteiger partial charge in [-0.3, -0.25) is 4.79 Å². The van der Waals surface area contributed by atoms with Crippen molar-refractivity contribution in [1.82, 2.24) is 19.8 Å². The Balaban J connectivity index is 1.25. The Morgan fingerprint density at radius 2 is 1.90 bits per heavy atom. The Morgan fingerprint density at radius 3 is 2.62 bits per heavy atom. The first-order chi connectivity index (χ1) is 18.9. The van der Waals surface area contributed by atoms with Crippen LogP contribution in [0.2, 0.25) is 0 Å². The molecule has 0 aliphatic carbocycles. The van der Waals surface area contributed by atoms with Crippen molar-refractivity contribution in [2.24, 2.45) is 0 Å². The smallest absolute Gasteiger partial charge is 0.381 e. The average molecular weight is 540 g/mol. The van der Waals surface area contributed by atoms with Crippen LogP contribution in [-0.4, -0.2) is 65.4 Å². The minimum absolute atomic E-state index is 0.0705. The number of halogens is 3. The molecule has 2 N–H and O–H groups in total. The maximum Gasteiger partial charge on any atom is 0.406 e. The summed E-state index contributed by atoms with van der Waals surface area (Å²) in [7, 11) is 0. The van der Waals surface area contributed by atoms with Gasteiger partial charge in [-0.05, 0) is 67.5 Å². The zero-order chi connectivity index (χ0) is 27.2. The third kappa shape index (κ3) is 7.11. The van der Waals surface area contributed by atoms with Crippen molar-refractivity contribution in [2.75, 3.05) is 38.2 Å². The summed E-state index contributed by atoms with van der Waals surface area (Å²) in [5, 5.41) is 7.34. The summed E-state index contributed by atoms with van der Waals surface area (Å²) >= 11 is 0. The molecule has 0 spiro atoms. The highest BCUT2D eigenvalue weighted by Crippen LogP contribution is 2.26. The van der Waals surface area contributed by atoms with Gasteiger partial charge >= 0.3 is 6.18 Å². The number of nitrogens with zero attached hydrogens (tertiary/aromatic N) is 3. The topological polar surface area (TPSA) is 71.4 Å². The average Bonchev–Trinajstić information content (AvgIpc) is 3.58. The molecule has 0 saturated carbocycles. The van der Waals surface area contributed by atoms with E-state index >= 15 is 0 Å². The molecule has 206 valence electrons. The minimum Gasteiger partial charge on any atom is -0.381 e. The number of aromatic nitrogens is 2. The lowest BCUT2D eigenvalue weighted by Crippen LogP contribution is -2.34. The van der Waals surface area contributed by atoms with E-state index < -0.39 is 12.7 Å². The van der Waals surface area contributed by atoms with Crippen LogP contribution in [-0.2, 0) is 17.8 Å². The SMILES string of the molecule is O=C(c1ccc(NCC#Cc2cc3cc(CNC4CCOCC4)ccc3n2CC(F)(F)F)cn1)N1CCCC1. The van der Waals surface area contributed by atoms with Gasteiger partial charge in [-0.2, -0.15) is 13.2 Å². The summed E-state index contributed by atoms with van der Waals surface area (Å²) in [6.07, 6.45) is 1.14. The van der Waals surface area contributed by atoms with Crippen molar-refractivity contribution in [2.45, 2.75) is 51.0 Å². The number of fused-ring (bicyclic) bond motifs is 1. The highest BCUT2D eigenvalue weighted by Gasteiger charge is 2.29. The maximum atomic E-state index is 13.4. The lowest BCUT2D eigenvalue weighted by molar-refractivity contribution is -0.140. The first kappa shape index (κ1) is 27.0. The third-order valence-electron chi connectivity index (χ3n) is 7.09. The molecule has 2 aliphatic heterocycles.